The molecule has 0 saturated heterocycles. The minimum Gasteiger partial charge on any atom is -0.445 e. The number of nitrogens with one attached hydrogen (secondary N) is 1. The molecule has 1 N–H and O–H groups in total. The van der Waals surface area contributed by atoms with Gasteiger partial charge in [-0.05, 0) is 31.2 Å². The van der Waals surface area contributed by atoms with E-state index in [0.717, 1.165) is 4.90 Å². The number of benzene rings is 1. The Hall–Kier alpha value is -2.79. The first-order chi connectivity index (χ1) is 14.9. The summed E-state index contributed by atoms with van der Waals surface area (Å²) in [6, 6.07) is 8.68. The van der Waals surface area contributed by atoms with Crippen LogP contribution in [0.4, 0.5) is 31.1 Å². The second-order valence-electron chi connectivity index (χ2n) is 6.87. The van der Waals surface area contributed by atoms with E-state index in [1.165, 1.54) is 0 Å². The van der Waals surface area contributed by atoms with Crippen LogP contribution in [0.25, 0.3) is 0 Å². The van der Waals surface area contributed by atoms with Crippen molar-refractivity contribution < 1.29 is 45.5 Å². The van der Waals surface area contributed by atoms with Crippen molar-refractivity contribution in [3.63, 3.8) is 0 Å². The summed E-state index contributed by atoms with van der Waals surface area (Å²) >= 11 is 0. The fourth-order valence-electron chi connectivity index (χ4n) is 2.58. The molecule has 0 spiro atoms. The summed E-state index contributed by atoms with van der Waals surface area (Å²) < 4.78 is 78.5. The van der Waals surface area contributed by atoms with Crippen molar-refractivity contribution in [2.45, 2.75) is 51.1 Å². The van der Waals surface area contributed by atoms with Gasteiger partial charge in [-0.3, -0.25) is 9.59 Å². The van der Waals surface area contributed by atoms with Crippen molar-refractivity contribution >= 4 is 17.8 Å². The number of alkyl halides is 6. The molecule has 0 radical (unpaired) electrons. The molecule has 0 aliphatic heterocycles. The molecular formula is C20H24F6N2O4. The maximum absolute atomic E-state index is 12.3. The van der Waals surface area contributed by atoms with E-state index in [0.29, 0.717) is 18.4 Å². The smallest absolute Gasteiger partial charge is 0.445 e. The van der Waals surface area contributed by atoms with Gasteiger partial charge < -0.3 is 15.0 Å². The van der Waals surface area contributed by atoms with Gasteiger partial charge in [0.2, 0.25) is 5.78 Å². The molecule has 0 aromatic heterocycles. The number of hydrogen-bond donors (Lipinski definition) is 1. The zero-order valence-electron chi connectivity index (χ0n) is 17.1. The number of carbonyl (C=O) groups excluding carboxylic acids is 3. The first-order valence-electron chi connectivity index (χ1n) is 9.82. The van der Waals surface area contributed by atoms with Crippen LogP contribution < -0.4 is 5.32 Å². The van der Waals surface area contributed by atoms with Gasteiger partial charge >= 0.3 is 24.4 Å². The lowest BCUT2D eigenvalue weighted by atomic mass is 10.2. The molecule has 12 heteroatoms. The third kappa shape index (κ3) is 11.0. The lowest BCUT2D eigenvalue weighted by Crippen LogP contribution is -2.37. The Kier molecular flexibility index (Phi) is 11.0. The number of amides is 2. The number of Topliss-reactive ketones (excluding diaryl/α,β-unsaturated/α-hetero) is 1. The minimum absolute atomic E-state index is 0.0544. The van der Waals surface area contributed by atoms with Gasteiger partial charge in [0.1, 0.15) is 6.61 Å². The van der Waals surface area contributed by atoms with E-state index in [1.54, 1.807) is 35.6 Å². The topological polar surface area (TPSA) is 75.7 Å². The van der Waals surface area contributed by atoms with Gasteiger partial charge in [0.05, 0.1) is 0 Å². The van der Waals surface area contributed by atoms with Crippen LogP contribution in [0.1, 0.15) is 37.7 Å². The summed E-state index contributed by atoms with van der Waals surface area (Å²) in [4.78, 5) is 35.2. The zero-order chi connectivity index (χ0) is 24.2. The van der Waals surface area contributed by atoms with Crippen LogP contribution in [-0.2, 0) is 20.9 Å². The van der Waals surface area contributed by atoms with Crippen molar-refractivity contribution in [3.05, 3.63) is 35.9 Å². The fourth-order valence-corrected chi connectivity index (χ4v) is 2.58. The van der Waals surface area contributed by atoms with Crippen molar-refractivity contribution in [3.8, 4) is 0 Å². The zero-order valence-corrected chi connectivity index (χ0v) is 17.1. The lowest BCUT2D eigenvalue weighted by molar-refractivity contribution is -0.173. The number of halogens is 6. The molecule has 6 nitrogen and oxygen atoms in total. The van der Waals surface area contributed by atoms with Gasteiger partial charge in [0.15, 0.2) is 0 Å². The SMILES string of the molecule is O=C(OCc1ccccc1)N(CCCCCNC(=O)C(F)(F)F)CCCC(=O)C(F)(F)F. The quantitative estimate of drug-likeness (QED) is 0.363. The predicted molar refractivity (Wildman–Crippen MR) is 101 cm³/mol. The Labute approximate surface area is 180 Å². The Balaban J connectivity index is 2.48. The minimum atomic E-state index is -4.97. The Bertz CT molecular complexity index is 738. The van der Waals surface area contributed by atoms with Crippen LogP contribution in [0.15, 0.2) is 30.3 Å². The van der Waals surface area contributed by atoms with E-state index < -0.39 is 36.6 Å². The summed E-state index contributed by atoms with van der Waals surface area (Å²) in [7, 11) is 0. The molecule has 0 atom stereocenters. The normalized spacial score (nSPS) is 11.7. The molecule has 0 unspecified atom stereocenters. The predicted octanol–water partition coefficient (Wildman–Crippen LogP) is 4.39. The number of hydrogen-bond acceptors (Lipinski definition) is 4. The fraction of sp³-hybridized carbons (Fsp3) is 0.550. The van der Waals surface area contributed by atoms with E-state index >= 15 is 0 Å². The van der Waals surface area contributed by atoms with Crippen molar-refractivity contribution in [2.24, 2.45) is 0 Å². The number of ether oxygens (including phenoxy) is 1. The molecule has 1 rings (SSSR count). The molecule has 0 aliphatic carbocycles. The number of unbranched alkanes of at least 4 members (excludes halogenated alkanes) is 2. The van der Waals surface area contributed by atoms with Crippen molar-refractivity contribution in [2.75, 3.05) is 19.6 Å². The average Bonchev–Trinajstić information content (AvgIpc) is 2.72. The van der Waals surface area contributed by atoms with Crippen molar-refractivity contribution in [1.29, 1.82) is 0 Å². The van der Waals surface area contributed by atoms with Gasteiger partial charge in [-0.1, -0.05) is 30.3 Å². The van der Waals surface area contributed by atoms with Gasteiger partial charge in [0.25, 0.3) is 0 Å². The number of nitrogens with zero attached hydrogens (tertiary/aromatic N) is 1. The van der Waals surface area contributed by atoms with Crippen LogP contribution in [0.3, 0.4) is 0 Å². The monoisotopic (exact) mass is 470 g/mol. The van der Waals surface area contributed by atoms with Crippen LogP contribution in [0.2, 0.25) is 0 Å². The maximum Gasteiger partial charge on any atom is 0.471 e. The summed E-state index contributed by atoms with van der Waals surface area (Å²) in [5.41, 5.74) is 0.702. The van der Waals surface area contributed by atoms with Crippen LogP contribution in [0.5, 0.6) is 0 Å². The first-order valence-corrected chi connectivity index (χ1v) is 9.82. The highest BCUT2D eigenvalue weighted by atomic mass is 19.4. The Morgan fingerprint density at radius 3 is 2.06 bits per heavy atom. The molecule has 0 aliphatic rings. The molecule has 0 bridgehead atoms. The molecule has 0 heterocycles. The molecule has 0 fully saturated rings. The van der Waals surface area contributed by atoms with E-state index in [4.69, 9.17) is 4.74 Å². The number of carbonyl (C=O) groups is 3. The summed E-state index contributed by atoms with van der Waals surface area (Å²) in [6.07, 6.45) is -10.8. The van der Waals surface area contributed by atoms with Gasteiger partial charge in [-0.25, -0.2) is 4.79 Å². The molecule has 1 aromatic carbocycles. The average molecular weight is 470 g/mol. The summed E-state index contributed by atoms with van der Waals surface area (Å²) in [5.74, 6) is -3.94. The highest BCUT2D eigenvalue weighted by molar-refractivity contribution is 5.84. The number of rotatable bonds is 12. The highest BCUT2D eigenvalue weighted by Gasteiger charge is 2.38. The second kappa shape index (κ2) is 12.9. The third-order valence-electron chi connectivity index (χ3n) is 4.26. The van der Waals surface area contributed by atoms with E-state index in [1.807, 2.05) is 0 Å². The molecule has 2 amide bonds. The van der Waals surface area contributed by atoms with E-state index in [2.05, 4.69) is 0 Å². The summed E-state index contributed by atoms with van der Waals surface area (Å²) in [5, 5.41) is 1.72. The van der Waals surface area contributed by atoms with Crippen LogP contribution >= 0.6 is 0 Å². The largest absolute Gasteiger partial charge is 0.471 e. The van der Waals surface area contributed by atoms with E-state index in [-0.39, 0.29) is 39.1 Å². The lowest BCUT2D eigenvalue weighted by Gasteiger charge is -2.22. The third-order valence-corrected chi connectivity index (χ3v) is 4.26. The molecular weight excluding hydrogens is 446 g/mol. The van der Waals surface area contributed by atoms with Gasteiger partial charge in [0, 0.05) is 26.1 Å². The van der Waals surface area contributed by atoms with Gasteiger partial charge in [-0.15, -0.1) is 0 Å². The van der Waals surface area contributed by atoms with E-state index in [9.17, 15) is 40.7 Å². The molecule has 1 aromatic rings. The summed E-state index contributed by atoms with van der Waals surface area (Å²) in [6.45, 7) is -0.348. The standard InChI is InChI=1S/C20H24F6N2O4/c21-19(22,23)16(29)10-7-13-28(18(31)32-14-15-8-3-1-4-9-15)12-6-2-5-11-27-17(30)20(24,25)26/h1,3-4,8-9H,2,5-7,10-14H2,(H,27,30). The highest BCUT2D eigenvalue weighted by Crippen LogP contribution is 2.19. The first kappa shape index (κ1) is 27.2. The maximum atomic E-state index is 12.3. The molecule has 32 heavy (non-hydrogen) atoms. The molecule has 0 saturated carbocycles. The Morgan fingerprint density at radius 1 is 0.844 bits per heavy atom. The Morgan fingerprint density at radius 2 is 1.47 bits per heavy atom. The molecule has 180 valence electrons. The number of ketones is 1. The van der Waals surface area contributed by atoms with Crippen LogP contribution in [0, 0.1) is 0 Å². The van der Waals surface area contributed by atoms with Crippen LogP contribution in [-0.4, -0.2) is 54.7 Å². The second-order valence-corrected chi connectivity index (χ2v) is 6.87. The van der Waals surface area contributed by atoms with Gasteiger partial charge in [-0.2, -0.15) is 26.3 Å². The van der Waals surface area contributed by atoms with Crippen molar-refractivity contribution in [1.82, 2.24) is 10.2 Å².